The van der Waals surface area contributed by atoms with Crippen molar-refractivity contribution < 1.29 is 9.53 Å². The zero-order chi connectivity index (χ0) is 11.1. The number of alkyl halides is 1. The van der Waals surface area contributed by atoms with E-state index >= 15 is 0 Å². The maximum Gasteiger partial charge on any atom is 0.306 e. The number of unbranched alkanes of at least 4 members (excludes halogenated alkanes) is 1. The van der Waals surface area contributed by atoms with Crippen LogP contribution >= 0.6 is 22.6 Å². The highest BCUT2D eigenvalue weighted by molar-refractivity contribution is 14.1. The van der Waals surface area contributed by atoms with Gasteiger partial charge in [0, 0.05) is 6.42 Å². The zero-order valence-corrected chi connectivity index (χ0v) is 11.7. The monoisotopic (exact) mass is 324 g/mol. The van der Waals surface area contributed by atoms with Gasteiger partial charge in [-0.15, -0.1) is 0 Å². The highest BCUT2D eigenvalue weighted by Gasteiger charge is 2.35. The molecule has 0 aromatic heterocycles. The average molecular weight is 324 g/mol. The molecule has 1 rings (SSSR count). The van der Waals surface area contributed by atoms with Crippen LogP contribution < -0.4 is 0 Å². The molecule has 0 spiro atoms. The number of hydrogen-bond acceptors (Lipinski definition) is 2. The van der Waals surface area contributed by atoms with Crippen molar-refractivity contribution in [1.29, 1.82) is 0 Å². The Kier molecular flexibility index (Phi) is 5.94. The van der Waals surface area contributed by atoms with Crippen LogP contribution in [0.3, 0.4) is 0 Å². The van der Waals surface area contributed by atoms with Crippen LogP contribution in [-0.4, -0.2) is 16.0 Å². The summed E-state index contributed by atoms with van der Waals surface area (Å²) in [5, 5.41) is 0. The summed E-state index contributed by atoms with van der Waals surface area (Å²) in [6.45, 7) is 2.19. The number of hydrogen-bond donors (Lipinski definition) is 0. The molecule has 0 saturated carbocycles. The number of ether oxygens (including phenoxy) is 1. The Morgan fingerprint density at radius 2 is 2.13 bits per heavy atom. The van der Waals surface area contributed by atoms with Gasteiger partial charge in [0.15, 0.2) is 0 Å². The van der Waals surface area contributed by atoms with E-state index in [9.17, 15) is 4.79 Å². The summed E-state index contributed by atoms with van der Waals surface area (Å²) in [5.74, 6) is 0.0193. The molecule has 15 heavy (non-hydrogen) atoms. The Morgan fingerprint density at radius 3 is 2.73 bits per heavy atom. The fraction of sp³-hybridized carbons (Fsp3) is 0.917. The molecule has 0 aromatic rings. The fourth-order valence-electron chi connectivity index (χ4n) is 2.26. The maximum absolute atomic E-state index is 11.4. The second kappa shape index (κ2) is 6.71. The fourth-order valence-corrected chi connectivity index (χ4v) is 2.64. The molecule has 1 aliphatic rings. The molecule has 1 heterocycles. The molecular weight excluding hydrogens is 303 g/mol. The molecule has 88 valence electrons. The van der Waals surface area contributed by atoms with Crippen molar-refractivity contribution in [2.75, 3.05) is 4.43 Å². The molecule has 1 saturated heterocycles. The minimum absolute atomic E-state index is 0.0193. The van der Waals surface area contributed by atoms with Gasteiger partial charge in [-0.25, -0.2) is 0 Å². The predicted octanol–water partition coefficient (Wildman–Crippen LogP) is 3.86. The Balaban J connectivity index is 2.53. The van der Waals surface area contributed by atoms with Crippen molar-refractivity contribution >= 4 is 28.6 Å². The van der Waals surface area contributed by atoms with Crippen molar-refractivity contribution in [3.05, 3.63) is 0 Å². The van der Waals surface area contributed by atoms with E-state index in [1.54, 1.807) is 0 Å². The average Bonchev–Trinajstić information content (AvgIpc) is 2.24. The molecule has 1 atom stereocenters. The first-order valence-electron chi connectivity index (χ1n) is 6.00. The first kappa shape index (κ1) is 13.3. The van der Waals surface area contributed by atoms with Crippen LogP contribution in [0.5, 0.6) is 0 Å². The predicted molar refractivity (Wildman–Crippen MR) is 70.3 cm³/mol. The van der Waals surface area contributed by atoms with Crippen LogP contribution in [0.4, 0.5) is 0 Å². The number of cyclic esters (lactones) is 1. The van der Waals surface area contributed by atoms with Crippen LogP contribution in [0.15, 0.2) is 0 Å². The molecule has 1 unspecified atom stereocenters. The standard InChI is InChI=1S/C12H21IO2/c1-2-3-7-12(9-5-10-13)8-4-6-11(14)15-12/h2-10H2,1H3. The molecule has 0 radical (unpaired) electrons. The molecular formula is C12H21IO2. The number of carbonyl (C=O) groups is 1. The van der Waals surface area contributed by atoms with E-state index in [2.05, 4.69) is 29.5 Å². The first-order valence-corrected chi connectivity index (χ1v) is 7.53. The van der Waals surface area contributed by atoms with Crippen LogP contribution in [0.2, 0.25) is 0 Å². The highest BCUT2D eigenvalue weighted by Crippen LogP contribution is 2.34. The number of carbonyl (C=O) groups excluding carboxylic acids is 1. The summed E-state index contributed by atoms with van der Waals surface area (Å²) in [6.07, 6.45) is 8.36. The number of rotatable bonds is 6. The lowest BCUT2D eigenvalue weighted by atomic mass is 9.85. The summed E-state index contributed by atoms with van der Waals surface area (Å²) in [6, 6.07) is 0. The Hall–Kier alpha value is 0.200. The van der Waals surface area contributed by atoms with Gasteiger partial charge < -0.3 is 4.74 Å². The van der Waals surface area contributed by atoms with Gasteiger partial charge in [-0.05, 0) is 43.0 Å². The van der Waals surface area contributed by atoms with Crippen LogP contribution in [-0.2, 0) is 9.53 Å². The number of esters is 1. The molecule has 0 N–H and O–H groups in total. The van der Waals surface area contributed by atoms with Gasteiger partial charge in [0.05, 0.1) is 0 Å². The van der Waals surface area contributed by atoms with E-state index in [0.717, 1.165) is 36.5 Å². The molecule has 0 amide bonds. The third kappa shape index (κ3) is 4.29. The van der Waals surface area contributed by atoms with Gasteiger partial charge in [0.2, 0.25) is 0 Å². The van der Waals surface area contributed by atoms with E-state index in [-0.39, 0.29) is 11.6 Å². The lowest BCUT2D eigenvalue weighted by molar-refractivity contribution is -0.169. The summed E-state index contributed by atoms with van der Waals surface area (Å²) in [7, 11) is 0. The Morgan fingerprint density at radius 1 is 1.40 bits per heavy atom. The van der Waals surface area contributed by atoms with E-state index in [0.29, 0.717) is 6.42 Å². The van der Waals surface area contributed by atoms with Gasteiger partial charge in [0.25, 0.3) is 0 Å². The van der Waals surface area contributed by atoms with Gasteiger partial charge in [0.1, 0.15) is 5.60 Å². The van der Waals surface area contributed by atoms with Crippen molar-refractivity contribution in [2.45, 2.75) is 63.9 Å². The third-order valence-electron chi connectivity index (χ3n) is 3.10. The third-order valence-corrected chi connectivity index (χ3v) is 3.86. The van der Waals surface area contributed by atoms with E-state index in [1.807, 2.05) is 0 Å². The molecule has 0 aromatic carbocycles. The smallest absolute Gasteiger partial charge is 0.306 e. The molecule has 1 fully saturated rings. The zero-order valence-electron chi connectivity index (χ0n) is 9.56. The molecule has 3 heteroatoms. The van der Waals surface area contributed by atoms with Crippen LogP contribution in [0.1, 0.15) is 58.3 Å². The summed E-state index contributed by atoms with van der Waals surface area (Å²) in [5.41, 5.74) is -0.101. The minimum atomic E-state index is -0.101. The lowest BCUT2D eigenvalue weighted by Crippen LogP contribution is -2.38. The Labute approximate surface area is 106 Å². The first-order chi connectivity index (χ1) is 7.22. The largest absolute Gasteiger partial charge is 0.459 e. The van der Waals surface area contributed by atoms with Gasteiger partial charge >= 0.3 is 5.97 Å². The van der Waals surface area contributed by atoms with Gasteiger partial charge in [-0.3, -0.25) is 4.79 Å². The van der Waals surface area contributed by atoms with Gasteiger partial charge in [-0.2, -0.15) is 0 Å². The quantitative estimate of drug-likeness (QED) is 0.421. The van der Waals surface area contributed by atoms with E-state index in [4.69, 9.17) is 4.74 Å². The lowest BCUT2D eigenvalue weighted by Gasteiger charge is -2.37. The Bertz CT molecular complexity index is 196. The molecule has 0 aliphatic carbocycles. The van der Waals surface area contributed by atoms with E-state index in [1.165, 1.54) is 12.8 Å². The number of halogens is 1. The summed E-state index contributed by atoms with van der Waals surface area (Å²) >= 11 is 2.39. The van der Waals surface area contributed by atoms with Crippen LogP contribution in [0.25, 0.3) is 0 Å². The maximum atomic E-state index is 11.4. The molecule has 0 bridgehead atoms. The van der Waals surface area contributed by atoms with Gasteiger partial charge in [-0.1, -0.05) is 35.9 Å². The van der Waals surface area contributed by atoms with Crippen LogP contribution in [0, 0.1) is 0 Å². The van der Waals surface area contributed by atoms with Crippen molar-refractivity contribution in [3.8, 4) is 0 Å². The minimum Gasteiger partial charge on any atom is -0.459 e. The molecule has 2 nitrogen and oxygen atoms in total. The van der Waals surface area contributed by atoms with Crippen molar-refractivity contribution in [2.24, 2.45) is 0 Å². The molecule has 1 aliphatic heterocycles. The SMILES string of the molecule is CCCCC1(CCCI)CCCC(=O)O1. The summed E-state index contributed by atoms with van der Waals surface area (Å²) < 4.78 is 6.79. The second-order valence-corrected chi connectivity index (χ2v) is 5.49. The highest BCUT2D eigenvalue weighted by atomic mass is 127. The van der Waals surface area contributed by atoms with Crippen molar-refractivity contribution in [1.82, 2.24) is 0 Å². The second-order valence-electron chi connectivity index (χ2n) is 4.41. The summed E-state index contributed by atoms with van der Waals surface area (Å²) in [4.78, 5) is 11.4. The topological polar surface area (TPSA) is 26.3 Å². The van der Waals surface area contributed by atoms with Crippen molar-refractivity contribution in [3.63, 3.8) is 0 Å². The normalized spacial score (nSPS) is 26.4. The van der Waals surface area contributed by atoms with E-state index < -0.39 is 0 Å².